The van der Waals surface area contributed by atoms with Gasteiger partial charge < -0.3 is 4.74 Å². The van der Waals surface area contributed by atoms with E-state index in [1.54, 1.807) is 12.1 Å². The van der Waals surface area contributed by atoms with Crippen molar-refractivity contribution in [2.45, 2.75) is 57.0 Å². The number of ketones is 1. The average Bonchev–Trinajstić information content (AvgIpc) is 2.99. The summed E-state index contributed by atoms with van der Waals surface area (Å²) in [7, 11) is 0. The van der Waals surface area contributed by atoms with Crippen molar-refractivity contribution >= 4 is 17.5 Å². The highest BCUT2D eigenvalue weighted by atomic mass is 32.2. The Morgan fingerprint density at radius 1 is 1.22 bits per heavy atom. The summed E-state index contributed by atoms with van der Waals surface area (Å²) in [5, 5.41) is 9.40. The maximum atomic E-state index is 12.5. The second kappa shape index (κ2) is 6.59. The van der Waals surface area contributed by atoms with Crippen molar-refractivity contribution in [3.05, 3.63) is 41.2 Å². The Morgan fingerprint density at radius 2 is 1.96 bits per heavy atom. The lowest BCUT2D eigenvalue weighted by Crippen LogP contribution is -2.32. The fraction of sp³-hybridized carbons (Fsp3) is 0.524. The molecule has 6 heteroatoms. The minimum Gasteiger partial charge on any atom is -0.494 e. The fourth-order valence-electron chi connectivity index (χ4n) is 4.54. The fourth-order valence-corrected chi connectivity index (χ4v) is 5.22. The zero-order valence-electron chi connectivity index (χ0n) is 16.3. The molecular formula is C21H25N3O2S. The Balaban J connectivity index is 1.47. The summed E-state index contributed by atoms with van der Waals surface area (Å²) in [5.41, 5.74) is 3.05. The molecule has 2 bridgehead atoms. The third-order valence-electron chi connectivity index (χ3n) is 6.59. The van der Waals surface area contributed by atoms with Crippen molar-refractivity contribution in [2.24, 2.45) is 5.41 Å². The van der Waals surface area contributed by atoms with Crippen molar-refractivity contribution in [1.82, 2.24) is 15.2 Å². The number of carbonyl (C=O) groups excluding carboxylic acids is 1. The molecule has 1 saturated carbocycles. The van der Waals surface area contributed by atoms with Gasteiger partial charge in [-0.05, 0) is 49.4 Å². The van der Waals surface area contributed by atoms with Gasteiger partial charge in [-0.2, -0.15) is 5.10 Å². The van der Waals surface area contributed by atoms with Crippen LogP contribution in [0.5, 0.6) is 5.75 Å². The molecule has 0 spiro atoms. The molecular weight excluding hydrogens is 358 g/mol. The molecule has 0 radical (unpaired) electrons. The molecule has 0 aliphatic heterocycles. The van der Waals surface area contributed by atoms with Crippen molar-refractivity contribution < 1.29 is 9.53 Å². The van der Waals surface area contributed by atoms with Crippen molar-refractivity contribution in [3.8, 4) is 5.75 Å². The number of nitrogens with zero attached hydrogens (tertiary/aromatic N) is 3. The molecule has 142 valence electrons. The van der Waals surface area contributed by atoms with E-state index in [9.17, 15) is 4.79 Å². The molecule has 0 saturated heterocycles. The maximum Gasteiger partial charge on any atom is 0.209 e. The summed E-state index contributed by atoms with van der Waals surface area (Å²) >= 11 is 1.36. The number of carbonyl (C=O) groups is 1. The highest BCUT2D eigenvalue weighted by Gasteiger charge is 2.61. The first-order chi connectivity index (χ1) is 12.9. The largest absolute Gasteiger partial charge is 0.494 e. The van der Waals surface area contributed by atoms with Gasteiger partial charge in [-0.3, -0.25) is 4.79 Å². The molecule has 0 amide bonds. The van der Waals surface area contributed by atoms with E-state index in [-0.39, 0.29) is 16.6 Å². The van der Waals surface area contributed by atoms with Gasteiger partial charge in [0.2, 0.25) is 5.16 Å². The summed E-state index contributed by atoms with van der Waals surface area (Å²) in [6.45, 7) is 9.48. The van der Waals surface area contributed by atoms with Crippen LogP contribution in [-0.2, 0) is 5.41 Å². The van der Waals surface area contributed by atoms with Crippen molar-refractivity contribution in [3.63, 3.8) is 0 Å². The lowest BCUT2D eigenvalue weighted by atomic mass is 9.70. The molecule has 2 aliphatic carbocycles. The van der Waals surface area contributed by atoms with Crippen LogP contribution in [0.3, 0.4) is 0 Å². The second-order valence-electron chi connectivity index (χ2n) is 8.14. The molecule has 0 unspecified atom stereocenters. The minimum absolute atomic E-state index is 0.0529. The number of hydrogen-bond donors (Lipinski definition) is 0. The van der Waals surface area contributed by atoms with Gasteiger partial charge in [-0.1, -0.05) is 32.5 Å². The molecule has 1 heterocycles. The van der Waals surface area contributed by atoms with E-state index in [2.05, 4.69) is 31.0 Å². The van der Waals surface area contributed by atoms with E-state index < -0.39 is 0 Å². The van der Waals surface area contributed by atoms with Gasteiger partial charge in [0.1, 0.15) is 5.75 Å². The number of Topliss-reactive ketones (excluding diaryl/α,β-unsaturated/α-hetero) is 1. The zero-order valence-corrected chi connectivity index (χ0v) is 17.1. The van der Waals surface area contributed by atoms with Gasteiger partial charge in [0.25, 0.3) is 0 Å². The molecule has 0 N–H and O–H groups in total. The Bertz CT molecular complexity index is 881. The lowest BCUT2D eigenvalue weighted by molar-refractivity contribution is 0.102. The van der Waals surface area contributed by atoms with Crippen LogP contribution in [0.15, 0.2) is 29.4 Å². The van der Waals surface area contributed by atoms with E-state index in [0.717, 1.165) is 30.0 Å². The summed E-state index contributed by atoms with van der Waals surface area (Å²) in [6.07, 6.45) is 2.31. The molecule has 2 aliphatic rings. The number of ether oxygens (including phenoxy) is 1. The van der Waals surface area contributed by atoms with Crippen LogP contribution in [-0.4, -0.2) is 33.3 Å². The number of benzene rings is 1. The van der Waals surface area contributed by atoms with Gasteiger partial charge in [0, 0.05) is 16.9 Å². The predicted molar refractivity (Wildman–Crippen MR) is 106 cm³/mol. The van der Waals surface area contributed by atoms with Gasteiger partial charge in [-0.25, -0.2) is 4.98 Å². The Labute approximate surface area is 164 Å². The lowest BCUT2D eigenvalue weighted by Gasteiger charge is -2.33. The summed E-state index contributed by atoms with van der Waals surface area (Å²) in [4.78, 5) is 17.3. The quantitative estimate of drug-likeness (QED) is 0.543. The Morgan fingerprint density at radius 3 is 2.67 bits per heavy atom. The average molecular weight is 384 g/mol. The summed E-state index contributed by atoms with van der Waals surface area (Å²) in [6, 6.07) is 7.26. The SMILES string of the molecule is CCOc1ccc(C(=O)CSc2nnc3c(n2)[C@@]2(C)CC[C@H]3C2(C)C)cc1. The van der Waals surface area contributed by atoms with Gasteiger partial charge in [0.05, 0.1) is 23.7 Å². The molecule has 1 aromatic carbocycles. The number of hydrogen-bond acceptors (Lipinski definition) is 6. The molecule has 2 aromatic rings. The number of fused-ring (bicyclic) bond motifs is 5. The third kappa shape index (κ3) is 2.85. The molecule has 4 rings (SSSR count). The van der Waals surface area contributed by atoms with E-state index in [0.29, 0.717) is 29.0 Å². The van der Waals surface area contributed by atoms with Crippen LogP contribution < -0.4 is 4.74 Å². The standard InChI is InChI=1S/C21H25N3O2S/c1-5-26-14-8-6-13(7-9-14)16(25)12-27-19-22-18-17(23-24-19)15-10-11-21(18,4)20(15,2)3/h6-9,15H,5,10-12H2,1-4H3/t15-,21-/m1/s1. The molecule has 5 nitrogen and oxygen atoms in total. The van der Waals surface area contributed by atoms with Crippen LogP contribution in [0.1, 0.15) is 68.2 Å². The Hall–Kier alpha value is -1.95. The van der Waals surface area contributed by atoms with E-state index in [1.807, 2.05) is 19.1 Å². The first-order valence-electron chi connectivity index (χ1n) is 9.51. The van der Waals surface area contributed by atoms with Crippen LogP contribution in [0.25, 0.3) is 0 Å². The van der Waals surface area contributed by atoms with Crippen LogP contribution in [0.2, 0.25) is 0 Å². The van der Waals surface area contributed by atoms with Gasteiger partial charge in [0.15, 0.2) is 5.78 Å². The molecule has 1 fully saturated rings. The summed E-state index contributed by atoms with van der Waals surface area (Å²) in [5.74, 6) is 1.58. The zero-order chi connectivity index (χ0) is 19.2. The smallest absolute Gasteiger partial charge is 0.209 e. The van der Waals surface area contributed by atoms with Crippen molar-refractivity contribution in [2.75, 3.05) is 12.4 Å². The Kier molecular flexibility index (Phi) is 4.49. The number of aromatic nitrogens is 3. The number of thioether (sulfide) groups is 1. The molecule has 1 aromatic heterocycles. The highest BCUT2D eigenvalue weighted by molar-refractivity contribution is 7.99. The molecule has 27 heavy (non-hydrogen) atoms. The van der Waals surface area contributed by atoms with E-state index in [4.69, 9.17) is 9.72 Å². The normalized spacial score (nSPS) is 24.7. The third-order valence-corrected chi connectivity index (χ3v) is 7.43. The first-order valence-corrected chi connectivity index (χ1v) is 10.5. The monoisotopic (exact) mass is 383 g/mol. The molecule has 2 atom stereocenters. The second-order valence-corrected chi connectivity index (χ2v) is 9.09. The predicted octanol–water partition coefficient (Wildman–Crippen LogP) is 4.42. The first kappa shape index (κ1) is 18.4. The van der Waals surface area contributed by atoms with Gasteiger partial charge >= 0.3 is 0 Å². The summed E-state index contributed by atoms with van der Waals surface area (Å²) < 4.78 is 5.42. The van der Waals surface area contributed by atoms with Crippen LogP contribution in [0, 0.1) is 5.41 Å². The van der Waals surface area contributed by atoms with E-state index in [1.165, 1.54) is 11.8 Å². The minimum atomic E-state index is 0.0529. The van der Waals surface area contributed by atoms with Gasteiger partial charge in [-0.15, -0.1) is 5.10 Å². The number of rotatable bonds is 6. The topological polar surface area (TPSA) is 65.0 Å². The van der Waals surface area contributed by atoms with Crippen molar-refractivity contribution in [1.29, 1.82) is 0 Å². The van der Waals surface area contributed by atoms with E-state index >= 15 is 0 Å². The highest BCUT2D eigenvalue weighted by Crippen LogP contribution is 2.66. The van der Waals surface area contributed by atoms with Crippen LogP contribution >= 0.6 is 11.8 Å². The maximum absolute atomic E-state index is 12.5. The van der Waals surface area contributed by atoms with Crippen LogP contribution in [0.4, 0.5) is 0 Å².